The van der Waals surface area contributed by atoms with Gasteiger partial charge in [-0.3, -0.25) is 18.6 Å². The molecule has 0 radical (unpaired) electrons. The van der Waals surface area contributed by atoms with Crippen molar-refractivity contribution in [3.8, 4) is 0 Å². The lowest BCUT2D eigenvalue weighted by atomic mass is 10.0. The van der Waals surface area contributed by atoms with Gasteiger partial charge in [0.05, 0.1) is 33.8 Å². The van der Waals surface area contributed by atoms with Crippen molar-refractivity contribution in [2.45, 2.75) is 290 Å². The second-order valence-electron chi connectivity index (χ2n) is 20.5. The summed E-state index contributed by atoms with van der Waals surface area (Å²) in [6.45, 7) is 7.03. The molecule has 2 N–H and O–H groups in total. The van der Waals surface area contributed by atoms with Crippen molar-refractivity contribution in [1.29, 1.82) is 0 Å². The minimum absolute atomic E-state index is 0.0454. The molecule has 0 aromatic carbocycles. The largest absolute Gasteiger partial charge is 0.472 e. The monoisotopic (exact) mass is 942 g/mol. The molecule has 0 saturated heterocycles. The van der Waals surface area contributed by atoms with Crippen LogP contribution in [-0.4, -0.2) is 74.3 Å². The number of allylic oxidation sites excluding steroid dienone is 1. The van der Waals surface area contributed by atoms with Gasteiger partial charge in [-0.15, -0.1) is 0 Å². The fourth-order valence-corrected chi connectivity index (χ4v) is 9.09. The second-order valence-corrected chi connectivity index (χ2v) is 21.9. The first-order valence-corrected chi connectivity index (χ1v) is 29.5. The maximum absolute atomic E-state index is 13.5. The summed E-state index contributed by atoms with van der Waals surface area (Å²) in [7, 11) is 1.51. The third-order valence-electron chi connectivity index (χ3n) is 12.7. The number of hydrogen-bond acceptors (Lipinski definition) is 6. The molecule has 0 aromatic heterocycles. The number of phosphoric acid groups is 1. The van der Waals surface area contributed by atoms with Crippen molar-refractivity contribution < 1.29 is 37.3 Å². The number of ether oxygens (including phenoxy) is 1. The molecule has 9 nitrogen and oxygen atoms in total. The van der Waals surface area contributed by atoms with Crippen LogP contribution in [0.25, 0.3) is 0 Å². The molecule has 0 fully saturated rings. The van der Waals surface area contributed by atoms with E-state index in [1.165, 1.54) is 186 Å². The van der Waals surface area contributed by atoms with Crippen molar-refractivity contribution in [2.24, 2.45) is 0 Å². The summed E-state index contributed by atoms with van der Waals surface area (Å²) in [5.41, 5.74) is 0. The molecule has 10 heteroatoms. The van der Waals surface area contributed by atoms with E-state index in [0.29, 0.717) is 23.9 Å². The summed E-state index contributed by atoms with van der Waals surface area (Å²) in [6, 6.07) is -0.837. The number of hydrogen-bond donors (Lipinski definition) is 2. The molecule has 0 aliphatic rings. The van der Waals surface area contributed by atoms with Gasteiger partial charge in [-0.25, -0.2) is 4.57 Å². The molecule has 0 aromatic rings. The van der Waals surface area contributed by atoms with Crippen LogP contribution in [0.1, 0.15) is 278 Å². The molecule has 3 atom stereocenters. The number of rotatable bonds is 51. The Bertz CT molecular complexity index is 1130. The molecule has 0 rings (SSSR count). The van der Waals surface area contributed by atoms with Crippen LogP contribution in [0.4, 0.5) is 0 Å². The smallest absolute Gasteiger partial charge is 0.456 e. The van der Waals surface area contributed by atoms with Crippen LogP contribution in [0.5, 0.6) is 0 Å². The molecule has 0 aliphatic carbocycles. The highest BCUT2D eigenvalue weighted by atomic mass is 31.2. The maximum atomic E-state index is 13.5. The van der Waals surface area contributed by atoms with Crippen molar-refractivity contribution >= 4 is 19.7 Å². The van der Waals surface area contributed by atoms with Gasteiger partial charge in [0.1, 0.15) is 19.3 Å². The Morgan fingerprint density at radius 1 is 0.523 bits per heavy atom. The van der Waals surface area contributed by atoms with Gasteiger partial charge in [0.25, 0.3) is 0 Å². The minimum atomic E-state index is -4.43. The van der Waals surface area contributed by atoms with Crippen molar-refractivity contribution in [3.05, 3.63) is 12.2 Å². The molecule has 0 heterocycles. The van der Waals surface area contributed by atoms with Crippen molar-refractivity contribution in [3.63, 3.8) is 0 Å². The Labute approximate surface area is 403 Å². The van der Waals surface area contributed by atoms with Crippen LogP contribution in [-0.2, 0) is 27.9 Å². The number of quaternary nitrogens is 1. The third kappa shape index (κ3) is 47.6. The van der Waals surface area contributed by atoms with E-state index >= 15 is 0 Å². The van der Waals surface area contributed by atoms with Gasteiger partial charge >= 0.3 is 13.8 Å². The molecule has 0 saturated carbocycles. The summed E-state index contributed by atoms with van der Waals surface area (Å²) in [6.07, 6.45) is 50.5. The number of likely N-dealkylation sites (N-methyl/N-ethyl adjacent to an activating group) is 1. The Balaban J connectivity index is 5.35. The summed E-state index contributed by atoms with van der Waals surface area (Å²) in [5, 5.41) is 3.05. The van der Waals surface area contributed by atoms with Gasteiger partial charge in [0, 0.05) is 12.8 Å². The Morgan fingerprint density at radius 3 is 1.26 bits per heavy atom. The molecule has 1 amide bonds. The van der Waals surface area contributed by atoms with Crippen LogP contribution in [0.15, 0.2) is 12.2 Å². The summed E-state index contributed by atoms with van der Waals surface area (Å²) in [4.78, 5) is 37.5. The van der Waals surface area contributed by atoms with E-state index in [2.05, 4.69) is 26.1 Å². The van der Waals surface area contributed by atoms with Gasteiger partial charge in [-0.1, -0.05) is 245 Å². The first-order valence-electron chi connectivity index (χ1n) is 28.0. The minimum Gasteiger partial charge on any atom is -0.456 e. The number of unbranched alkanes of at least 4 members (excludes halogenated alkanes) is 35. The molecule has 3 unspecified atom stereocenters. The van der Waals surface area contributed by atoms with Crippen LogP contribution >= 0.6 is 7.82 Å². The number of carbonyl (C=O) groups excluding carboxylic acids is 2. The Morgan fingerprint density at radius 2 is 0.877 bits per heavy atom. The van der Waals surface area contributed by atoms with Gasteiger partial charge in [-0.2, -0.15) is 0 Å². The zero-order valence-electron chi connectivity index (χ0n) is 44.0. The lowest BCUT2D eigenvalue weighted by Gasteiger charge is -2.27. The normalized spacial score (nSPS) is 13.9. The van der Waals surface area contributed by atoms with Crippen molar-refractivity contribution in [1.82, 2.24) is 5.32 Å². The van der Waals surface area contributed by atoms with E-state index in [0.717, 1.165) is 57.8 Å². The van der Waals surface area contributed by atoms with E-state index in [-0.39, 0.29) is 25.1 Å². The van der Waals surface area contributed by atoms with Crippen LogP contribution in [0, 0.1) is 0 Å². The number of nitrogens with zero attached hydrogens (tertiary/aromatic N) is 1. The number of amides is 1. The highest BCUT2D eigenvalue weighted by Gasteiger charge is 2.30. The average molecular weight is 942 g/mol. The summed E-state index contributed by atoms with van der Waals surface area (Å²) >= 11 is 0. The Hall–Kier alpha value is -1.25. The summed E-state index contributed by atoms with van der Waals surface area (Å²) < 4.78 is 30.6. The first kappa shape index (κ1) is 63.8. The molecule has 0 aliphatic heterocycles. The van der Waals surface area contributed by atoms with E-state index < -0.39 is 20.0 Å². The van der Waals surface area contributed by atoms with Gasteiger partial charge in [0.2, 0.25) is 5.91 Å². The zero-order valence-corrected chi connectivity index (χ0v) is 44.9. The number of nitrogens with one attached hydrogen (secondary N) is 1. The van der Waals surface area contributed by atoms with Gasteiger partial charge in [-0.05, 0) is 31.8 Å². The first-order chi connectivity index (χ1) is 31.4. The van der Waals surface area contributed by atoms with Crippen molar-refractivity contribution in [2.75, 3.05) is 40.9 Å². The lowest BCUT2D eigenvalue weighted by molar-refractivity contribution is -0.870. The highest BCUT2D eigenvalue weighted by molar-refractivity contribution is 7.47. The quantitative estimate of drug-likeness (QED) is 0.0205. The van der Waals surface area contributed by atoms with Gasteiger partial charge in [0.15, 0.2) is 0 Å². The van der Waals surface area contributed by atoms with Crippen LogP contribution in [0.3, 0.4) is 0 Å². The SMILES string of the molecule is CCCCCCCCCCCC/C=C/C(OC(=O)CCCCCCCCCCCCCCC)C(COP(=O)(O)OCC[N+](C)(C)C)NC(=O)CCCCCCCCCCCCCCCC. The van der Waals surface area contributed by atoms with E-state index in [1.54, 1.807) is 0 Å². The fraction of sp³-hybridized carbons (Fsp3) is 0.927. The fourth-order valence-electron chi connectivity index (χ4n) is 8.35. The average Bonchev–Trinajstić information content (AvgIpc) is 3.26. The number of esters is 1. The maximum Gasteiger partial charge on any atom is 0.472 e. The van der Waals surface area contributed by atoms with E-state index in [4.69, 9.17) is 13.8 Å². The molecule has 386 valence electrons. The third-order valence-corrected chi connectivity index (χ3v) is 13.7. The number of carbonyl (C=O) groups is 2. The highest BCUT2D eigenvalue weighted by Crippen LogP contribution is 2.43. The zero-order chi connectivity index (χ0) is 48.0. The number of phosphoric ester groups is 1. The van der Waals surface area contributed by atoms with Gasteiger partial charge < -0.3 is 19.4 Å². The lowest BCUT2D eigenvalue weighted by Crippen LogP contribution is -2.47. The molecular weight excluding hydrogens is 832 g/mol. The van der Waals surface area contributed by atoms with E-state index in [9.17, 15) is 19.0 Å². The predicted octanol–water partition coefficient (Wildman–Crippen LogP) is 16.4. The topological polar surface area (TPSA) is 111 Å². The second kappa shape index (κ2) is 46.5. The molecular formula is C55H110N2O7P+. The standard InChI is InChI=1S/C55H109N2O7P/c1-7-10-13-16-19-22-25-28-30-32-35-38-41-44-47-54(58)56-52(51-63-65(60,61)62-50-49-57(4,5)6)53(46-43-40-37-34-31-27-24-21-18-15-12-9-3)64-55(59)48-45-42-39-36-33-29-26-23-20-17-14-11-8-2/h43,46,52-53H,7-42,44-45,47-51H2,1-6H3,(H-,56,58,60,61)/p+1/b46-43+. The van der Waals surface area contributed by atoms with E-state index in [1.807, 2.05) is 33.3 Å². The molecule has 0 bridgehead atoms. The van der Waals surface area contributed by atoms with Crippen LogP contribution < -0.4 is 5.32 Å². The predicted molar refractivity (Wildman–Crippen MR) is 277 cm³/mol. The van der Waals surface area contributed by atoms with Crippen LogP contribution in [0.2, 0.25) is 0 Å². The Kier molecular flexibility index (Phi) is 45.6. The summed E-state index contributed by atoms with van der Waals surface area (Å²) in [5.74, 6) is -0.490. The molecule has 0 spiro atoms. The molecule has 65 heavy (non-hydrogen) atoms.